The standard InChI is InChI=1S/C13H11FN2O2S2/c1-8(17)10-6-20-13(15-10)16-12(18)7-19-11-5-3-2-4-9(11)14/h2-6H,7H2,1H3,(H,15,16,18). The van der Waals surface area contributed by atoms with Gasteiger partial charge in [0.05, 0.1) is 5.75 Å². The summed E-state index contributed by atoms with van der Waals surface area (Å²) in [5.74, 6) is -0.709. The van der Waals surface area contributed by atoms with E-state index in [-0.39, 0.29) is 23.3 Å². The van der Waals surface area contributed by atoms with Gasteiger partial charge in [-0.05, 0) is 12.1 Å². The lowest BCUT2D eigenvalue weighted by molar-refractivity contribution is -0.113. The highest BCUT2D eigenvalue weighted by Gasteiger charge is 2.10. The fourth-order valence-electron chi connectivity index (χ4n) is 1.35. The van der Waals surface area contributed by atoms with Crippen molar-refractivity contribution in [2.45, 2.75) is 11.8 Å². The Kier molecular flexibility index (Phi) is 4.86. The number of rotatable bonds is 5. The molecule has 0 saturated carbocycles. The van der Waals surface area contributed by atoms with Crippen molar-refractivity contribution in [3.05, 3.63) is 41.2 Å². The number of hydrogen-bond donors (Lipinski definition) is 1. The highest BCUT2D eigenvalue weighted by molar-refractivity contribution is 8.00. The molecule has 0 fully saturated rings. The lowest BCUT2D eigenvalue weighted by Gasteiger charge is -2.03. The van der Waals surface area contributed by atoms with Crippen LogP contribution in [0.4, 0.5) is 9.52 Å². The summed E-state index contributed by atoms with van der Waals surface area (Å²) in [7, 11) is 0. The van der Waals surface area contributed by atoms with Gasteiger partial charge in [-0.3, -0.25) is 9.59 Å². The third kappa shape index (κ3) is 3.88. The van der Waals surface area contributed by atoms with E-state index in [1.807, 2.05) is 0 Å². The predicted molar refractivity (Wildman–Crippen MR) is 77.9 cm³/mol. The van der Waals surface area contributed by atoms with Crippen LogP contribution < -0.4 is 5.32 Å². The van der Waals surface area contributed by atoms with Crippen molar-refractivity contribution in [1.29, 1.82) is 0 Å². The summed E-state index contributed by atoms with van der Waals surface area (Å²) >= 11 is 2.29. The van der Waals surface area contributed by atoms with Gasteiger partial charge in [0, 0.05) is 17.2 Å². The molecule has 0 aliphatic carbocycles. The van der Waals surface area contributed by atoms with E-state index in [1.165, 1.54) is 24.3 Å². The van der Waals surface area contributed by atoms with Crippen molar-refractivity contribution in [3.8, 4) is 0 Å². The fraction of sp³-hybridized carbons (Fsp3) is 0.154. The number of nitrogens with one attached hydrogen (secondary N) is 1. The topological polar surface area (TPSA) is 59.1 Å². The SMILES string of the molecule is CC(=O)c1csc(NC(=O)CSc2ccccc2F)n1. The molecule has 0 aliphatic heterocycles. The van der Waals surface area contributed by atoms with E-state index in [4.69, 9.17) is 0 Å². The van der Waals surface area contributed by atoms with Crippen LogP contribution in [0.15, 0.2) is 34.5 Å². The maximum atomic E-state index is 13.4. The summed E-state index contributed by atoms with van der Waals surface area (Å²) in [6.07, 6.45) is 0. The maximum absolute atomic E-state index is 13.4. The molecule has 0 unspecified atom stereocenters. The number of amides is 1. The first kappa shape index (κ1) is 14.7. The van der Waals surface area contributed by atoms with Crippen molar-refractivity contribution in [1.82, 2.24) is 4.98 Å². The summed E-state index contributed by atoms with van der Waals surface area (Å²) in [5, 5.41) is 4.53. The average Bonchev–Trinajstić information content (AvgIpc) is 2.86. The summed E-state index contributed by atoms with van der Waals surface area (Å²) in [6.45, 7) is 1.41. The van der Waals surface area contributed by atoms with Crippen molar-refractivity contribution in [3.63, 3.8) is 0 Å². The number of nitrogens with zero attached hydrogens (tertiary/aromatic N) is 1. The van der Waals surface area contributed by atoms with Gasteiger partial charge in [-0.1, -0.05) is 12.1 Å². The van der Waals surface area contributed by atoms with Crippen molar-refractivity contribution in [2.24, 2.45) is 0 Å². The number of carbonyl (C=O) groups is 2. The van der Waals surface area contributed by atoms with Crippen LogP contribution in [-0.2, 0) is 4.79 Å². The lowest BCUT2D eigenvalue weighted by Crippen LogP contribution is -2.14. The Bertz CT molecular complexity index is 643. The van der Waals surface area contributed by atoms with Crippen LogP contribution in [0.1, 0.15) is 17.4 Å². The Balaban J connectivity index is 1.89. The molecule has 0 bridgehead atoms. The molecule has 20 heavy (non-hydrogen) atoms. The molecule has 1 amide bonds. The number of aromatic nitrogens is 1. The molecular weight excluding hydrogens is 299 g/mol. The monoisotopic (exact) mass is 310 g/mol. The number of thiazole rings is 1. The molecule has 2 rings (SSSR count). The molecule has 0 radical (unpaired) electrons. The number of halogens is 1. The van der Waals surface area contributed by atoms with E-state index in [0.29, 0.717) is 15.7 Å². The van der Waals surface area contributed by atoms with Gasteiger partial charge in [-0.25, -0.2) is 9.37 Å². The zero-order valence-electron chi connectivity index (χ0n) is 10.6. The van der Waals surface area contributed by atoms with Gasteiger partial charge in [0.25, 0.3) is 0 Å². The minimum atomic E-state index is -0.349. The molecule has 0 atom stereocenters. The summed E-state index contributed by atoms with van der Waals surface area (Å²) in [4.78, 5) is 27.2. The number of anilines is 1. The zero-order valence-corrected chi connectivity index (χ0v) is 12.2. The Hall–Kier alpha value is -1.73. The Morgan fingerprint density at radius 2 is 2.15 bits per heavy atom. The maximum Gasteiger partial charge on any atom is 0.236 e. The van der Waals surface area contributed by atoms with Crippen LogP contribution >= 0.6 is 23.1 Å². The number of hydrogen-bond acceptors (Lipinski definition) is 5. The third-order valence-electron chi connectivity index (χ3n) is 2.31. The van der Waals surface area contributed by atoms with Crippen LogP contribution in [0.5, 0.6) is 0 Å². The Labute approximate surface area is 123 Å². The van der Waals surface area contributed by atoms with E-state index in [0.717, 1.165) is 11.8 Å². The summed E-state index contributed by atoms with van der Waals surface area (Å²) in [5.41, 5.74) is 0.326. The minimum absolute atomic E-state index is 0.0793. The molecule has 2 aromatic rings. The second-order valence-corrected chi connectivity index (χ2v) is 5.74. The molecule has 1 N–H and O–H groups in total. The summed E-state index contributed by atoms with van der Waals surface area (Å²) < 4.78 is 13.4. The highest BCUT2D eigenvalue weighted by atomic mass is 32.2. The smallest absolute Gasteiger partial charge is 0.236 e. The van der Waals surface area contributed by atoms with Crippen LogP contribution in [0.3, 0.4) is 0 Å². The van der Waals surface area contributed by atoms with Gasteiger partial charge in [0.1, 0.15) is 11.5 Å². The number of carbonyl (C=O) groups excluding carboxylic acids is 2. The van der Waals surface area contributed by atoms with Crippen LogP contribution in [0.25, 0.3) is 0 Å². The largest absolute Gasteiger partial charge is 0.301 e. The first-order valence-corrected chi connectivity index (χ1v) is 7.56. The quantitative estimate of drug-likeness (QED) is 0.680. The van der Waals surface area contributed by atoms with Crippen molar-refractivity contribution in [2.75, 3.05) is 11.1 Å². The van der Waals surface area contributed by atoms with Gasteiger partial charge >= 0.3 is 0 Å². The molecule has 104 valence electrons. The fourth-order valence-corrected chi connectivity index (χ4v) is 2.86. The van der Waals surface area contributed by atoms with Crippen molar-refractivity contribution < 1.29 is 14.0 Å². The first-order valence-electron chi connectivity index (χ1n) is 5.70. The number of benzene rings is 1. The highest BCUT2D eigenvalue weighted by Crippen LogP contribution is 2.22. The van der Waals surface area contributed by atoms with E-state index in [9.17, 15) is 14.0 Å². The third-order valence-corrected chi connectivity index (χ3v) is 4.11. The van der Waals surface area contributed by atoms with Gasteiger partial charge in [0.15, 0.2) is 10.9 Å². The number of ketones is 1. The number of Topliss-reactive ketones (excluding diaryl/α,β-unsaturated/α-hetero) is 1. The minimum Gasteiger partial charge on any atom is -0.301 e. The molecule has 4 nitrogen and oxygen atoms in total. The lowest BCUT2D eigenvalue weighted by atomic mass is 10.3. The first-order chi connectivity index (χ1) is 9.56. The molecule has 7 heteroatoms. The second kappa shape index (κ2) is 6.62. The molecule has 0 aliphatic rings. The van der Waals surface area contributed by atoms with Gasteiger partial charge in [-0.2, -0.15) is 0 Å². The normalized spacial score (nSPS) is 10.3. The molecule has 1 aromatic heterocycles. The molecule has 1 aromatic carbocycles. The van der Waals surface area contributed by atoms with Gasteiger partial charge in [0.2, 0.25) is 5.91 Å². The molecule has 0 saturated heterocycles. The molecular formula is C13H11FN2O2S2. The number of thioether (sulfide) groups is 1. The average molecular weight is 310 g/mol. The van der Waals surface area contributed by atoms with Crippen LogP contribution in [-0.4, -0.2) is 22.4 Å². The van der Waals surface area contributed by atoms with Crippen LogP contribution in [0.2, 0.25) is 0 Å². The predicted octanol–water partition coefficient (Wildman–Crippen LogP) is 3.22. The molecule has 1 heterocycles. The van der Waals surface area contributed by atoms with Crippen LogP contribution in [0, 0.1) is 5.82 Å². The summed E-state index contributed by atoms with van der Waals surface area (Å²) in [6, 6.07) is 6.27. The van der Waals surface area contributed by atoms with Gasteiger partial charge in [-0.15, -0.1) is 23.1 Å². The van der Waals surface area contributed by atoms with Gasteiger partial charge < -0.3 is 5.32 Å². The van der Waals surface area contributed by atoms with E-state index < -0.39 is 0 Å². The van der Waals surface area contributed by atoms with Crippen molar-refractivity contribution >= 4 is 39.9 Å². The Morgan fingerprint density at radius 1 is 1.40 bits per heavy atom. The van der Waals surface area contributed by atoms with E-state index >= 15 is 0 Å². The molecule has 0 spiro atoms. The zero-order chi connectivity index (χ0) is 14.5. The Morgan fingerprint density at radius 3 is 2.80 bits per heavy atom. The van der Waals surface area contributed by atoms with E-state index in [2.05, 4.69) is 10.3 Å². The second-order valence-electron chi connectivity index (χ2n) is 3.86. The van der Waals surface area contributed by atoms with E-state index in [1.54, 1.807) is 23.6 Å².